The van der Waals surface area contributed by atoms with E-state index < -0.39 is 59.9 Å². The summed E-state index contributed by atoms with van der Waals surface area (Å²) >= 11 is 0. The summed E-state index contributed by atoms with van der Waals surface area (Å²) in [5, 5.41) is 35.7. The molecule has 0 bridgehead atoms. The van der Waals surface area contributed by atoms with Gasteiger partial charge in [-0.25, -0.2) is 4.79 Å². The van der Waals surface area contributed by atoms with E-state index in [-0.39, 0.29) is 25.0 Å². The summed E-state index contributed by atoms with van der Waals surface area (Å²) in [6, 6.07) is 0.644. The van der Waals surface area contributed by atoms with Crippen molar-refractivity contribution in [1.29, 1.82) is 0 Å². The topological polar surface area (TPSA) is 234 Å². The lowest BCUT2D eigenvalue weighted by molar-refractivity contribution is -0.143. The number of nitrogens with one attached hydrogen (secondary N) is 3. The highest BCUT2D eigenvalue weighted by Crippen LogP contribution is 2.12. The first-order chi connectivity index (χ1) is 15.8. The molecule has 0 saturated carbocycles. The lowest BCUT2D eigenvalue weighted by atomic mass is 10.0. The summed E-state index contributed by atoms with van der Waals surface area (Å²) < 4.78 is 0. The maximum atomic E-state index is 12.9. The Bertz CT molecular complexity index is 888. The maximum absolute atomic E-state index is 12.9. The molecule has 13 heteroatoms. The molecule has 0 spiro atoms. The molecule has 1 aromatic rings. The number of carbonyl (C=O) groups excluding carboxylic acids is 4. The average molecular weight is 482 g/mol. The van der Waals surface area contributed by atoms with Crippen LogP contribution in [-0.2, 0) is 30.4 Å². The number of aliphatic hydroxyl groups excluding tert-OH is 1. The molecule has 13 nitrogen and oxygen atoms in total. The predicted molar refractivity (Wildman–Crippen MR) is 119 cm³/mol. The fraction of sp³-hybridized carbons (Fsp3) is 0.476. The van der Waals surface area contributed by atoms with Crippen LogP contribution < -0.4 is 27.4 Å². The van der Waals surface area contributed by atoms with Gasteiger partial charge in [0.05, 0.1) is 12.1 Å². The fourth-order valence-corrected chi connectivity index (χ4v) is 2.84. The molecule has 0 heterocycles. The highest BCUT2D eigenvalue weighted by atomic mass is 16.4. The van der Waals surface area contributed by atoms with Crippen molar-refractivity contribution < 1.29 is 39.3 Å². The summed E-state index contributed by atoms with van der Waals surface area (Å²) in [6.07, 6.45) is -2.06. The van der Waals surface area contributed by atoms with Gasteiger partial charge < -0.3 is 42.7 Å². The van der Waals surface area contributed by atoms with E-state index >= 15 is 0 Å². The quantitative estimate of drug-likeness (QED) is 0.148. The van der Waals surface area contributed by atoms with E-state index in [9.17, 15) is 39.3 Å². The molecule has 0 saturated heterocycles. The number of phenolic OH excluding ortho intramolecular Hbond substituents is 1. The van der Waals surface area contributed by atoms with Gasteiger partial charge in [0.25, 0.3) is 0 Å². The van der Waals surface area contributed by atoms with Crippen molar-refractivity contribution in [2.45, 2.75) is 63.4 Å². The van der Waals surface area contributed by atoms with Crippen LogP contribution in [0.15, 0.2) is 24.3 Å². The molecule has 5 unspecified atom stereocenters. The van der Waals surface area contributed by atoms with E-state index in [4.69, 9.17) is 11.5 Å². The Morgan fingerprint density at radius 3 is 1.94 bits per heavy atom. The largest absolute Gasteiger partial charge is 0.508 e. The number of carbonyl (C=O) groups is 5. The molecule has 188 valence electrons. The van der Waals surface area contributed by atoms with Gasteiger partial charge in [0, 0.05) is 12.8 Å². The summed E-state index contributed by atoms with van der Waals surface area (Å²) in [7, 11) is 0. The van der Waals surface area contributed by atoms with E-state index in [1.165, 1.54) is 38.1 Å². The van der Waals surface area contributed by atoms with Crippen LogP contribution >= 0.6 is 0 Å². The number of hydrogen-bond acceptors (Lipinski definition) is 8. The van der Waals surface area contributed by atoms with Crippen molar-refractivity contribution in [3.63, 3.8) is 0 Å². The molecule has 0 radical (unpaired) electrons. The molecular weight excluding hydrogens is 450 g/mol. The van der Waals surface area contributed by atoms with Crippen molar-refractivity contribution in [2.24, 2.45) is 11.5 Å². The normalized spacial score (nSPS) is 15.2. The van der Waals surface area contributed by atoms with Crippen molar-refractivity contribution in [1.82, 2.24) is 16.0 Å². The minimum atomic E-state index is -1.57. The minimum absolute atomic E-state index is 0.000437. The zero-order valence-electron chi connectivity index (χ0n) is 18.9. The van der Waals surface area contributed by atoms with E-state index in [0.29, 0.717) is 5.56 Å². The third-order valence-corrected chi connectivity index (χ3v) is 4.78. The van der Waals surface area contributed by atoms with Gasteiger partial charge in [-0.2, -0.15) is 0 Å². The van der Waals surface area contributed by atoms with Gasteiger partial charge in [-0.15, -0.1) is 0 Å². The third-order valence-electron chi connectivity index (χ3n) is 4.78. The van der Waals surface area contributed by atoms with Crippen LogP contribution in [0.25, 0.3) is 0 Å². The van der Waals surface area contributed by atoms with Crippen molar-refractivity contribution in [3.05, 3.63) is 29.8 Å². The standard InChI is InChI=1S/C21H31N5O8/c1-10(22)18(30)25-15(9-12-3-5-13(28)6-4-12)19(31)26-17(11(2)27)20(32)24-14(21(33)34)7-8-16(23)29/h3-6,10-11,14-15,17,27-28H,7-9,22H2,1-2H3,(H2,23,29)(H,24,32)(H,25,30)(H,26,31)(H,33,34). The number of carboxylic acid groups (broad SMARTS) is 1. The van der Waals surface area contributed by atoms with Crippen molar-refractivity contribution in [2.75, 3.05) is 0 Å². The average Bonchev–Trinajstić information content (AvgIpc) is 2.74. The molecule has 0 aliphatic rings. The number of nitrogens with two attached hydrogens (primary N) is 2. The molecule has 34 heavy (non-hydrogen) atoms. The number of rotatable bonds is 13. The van der Waals surface area contributed by atoms with Gasteiger partial charge in [0.2, 0.25) is 23.6 Å². The number of aromatic hydroxyl groups is 1. The van der Waals surface area contributed by atoms with Crippen LogP contribution in [-0.4, -0.2) is 75.2 Å². The first kappa shape index (κ1) is 28.3. The fourth-order valence-electron chi connectivity index (χ4n) is 2.84. The number of carboxylic acids is 1. The number of hydrogen-bond donors (Lipinski definition) is 8. The molecule has 0 aliphatic heterocycles. The molecule has 0 aromatic heterocycles. The number of aliphatic hydroxyl groups is 1. The number of amides is 4. The highest BCUT2D eigenvalue weighted by molar-refractivity contribution is 5.94. The lowest BCUT2D eigenvalue weighted by Gasteiger charge is -2.26. The molecule has 5 atom stereocenters. The molecular formula is C21H31N5O8. The smallest absolute Gasteiger partial charge is 0.326 e. The second-order valence-corrected chi connectivity index (χ2v) is 7.85. The highest BCUT2D eigenvalue weighted by Gasteiger charge is 2.32. The van der Waals surface area contributed by atoms with Crippen LogP contribution in [0.4, 0.5) is 0 Å². The zero-order chi connectivity index (χ0) is 26.0. The lowest BCUT2D eigenvalue weighted by Crippen LogP contribution is -2.60. The Kier molecular flexibility index (Phi) is 10.9. The molecule has 0 aliphatic carbocycles. The first-order valence-electron chi connectivity index (χ1n) is 10.5. The molecule has 0 fully saturated rings. The van der Waals surface area contributed by atoms with E-state index in [1.807, 2.05) is 0 Å². The summed E-state index contributed by atoms with van der Waals surface area (Å²) in [4.78, 5) is 60.0. The zero-order valence-corrected chi connectivity index (χ0v) is 18.9. The van der Waals surface area contributed by atoms with Crippen LogP contribution in [0, 0.1) is 0 Å². The van der Waals surface area contributed by atoms with Crippen LogP contribution in [0.3, 0.4) is 0 Å². The van der Waals surface area contributed by atoms with Crippen LogP contribution in [0.5, 0.6) is 5.75 Å². The van der Waals surface area contributed by atoms with Crippen molar-refractivity contribution in [3.8, 4) is 5.75 Å². The monoisotopic (exact) mass is 481 g/mol. The number of phenols is 1. The summed E-state index contributed by atoms with van der Waals surface area (Å²) in [5.74, 6) is -4.69. The van der Waals surface area contributed by atoms with E-state index in [0.717, 1.165) is 0 Å². The van der Waals surface area contributed by atoms with Gasteiger partial charge >= 0.3 is 5.97 Å². The van der Waals surface area contributed by atoms with Gasteiger partial charge in [-0.3, -0.25) is 19.2 Å². The number of benzene rings is 1. The number of aliphatic carboxylic acids is 1. The minimum Gasteiger partial charge on any atom is -0.508 e. The van der Waals surface area contributed by atoms with E-state index in [1.54, 1.807) is 0 Å². The van der Waals surface area contributed by atoms with Gasteiger partial charge in [-0.1, -0.05) is 12.1 Å². The Morgan fingerprint density at radius 2 is 1.47 bits per heavy atom. The Hall–Kier alpha value is -3.71. The Balaban J connectivity index is 3.03. The van der Waals surface area contributed by atoms with E-state index in [2.05, 4.69) is 16.0 Å². The molecule has 1 rings (SSSR count). The molecule has 10 N–H and O–H groups in total. The Labute approximate surface area is 195 Å². The molecule has 4 amide bonds. The van der Waals surface area contributed by atoms with Crippen LogP contribution in [0.2, 0.25) is 0 Å². The second-order valence-electron chi connectivity index (χ2n) is 7.85. The molecule has 1 aromatic carbocycles. The second kappa shape index (κ2) is 13.1. The van der Waals surface area contributed by atoms with Crippen molar-refractivity contribution >= 4 is 29.6 Å². The predicted octanol–water partition coefficient (Wildman–Crippen LogP) is -2.53. The van der Waals surface area contributed by atoms with Gasteiger partial charge in [0.15, 0.2) is 0 Å². The first-order valence-corrected chi connectivity index (χ1v) is 10.5. The van der Waals surface area contributed by atoms with Crippen LogP contribution in [0.1, 0.15) is 32.3 Å². The Morgan fingerprint density at radius 1 is 0.912 bits per heavy atom. The SMILES string of the molecule is CC(N)C(=O)NC(Cc1ccc(O)cc1)C(=O)NC(C(=O)NC(CCC(N)=O)C(=O)O)C(C)O. The summed E-state index contributed by atoms with van der Waals surface area (Å²) in [6.45, 7) is 2.62. The van der Waals surface area contributed by atoms with Gasteiger partial charge in [-0.05, 0) is 38.0 Å². The number of primary amides is 1. The summed E-state index contributed by atoms with van der Waals surface area (Å²) in [5.41, 5.74) is 11.1. The maximum Gasteiger partial charge on any atom is 0.326 e. The third kappa shape index (κ3) is 9.42. The van der Waals surface area contributed by atoms with Gasteiger partial charge in [0.1, 0.15) is 23.9 Å².